The average molecular weight is 315 g/mol. The van der Waals surface area contributed by atoms with E-state index in [0.717, 1.165) is 37.1 Å². The van der Waals surface area contributed by atoms with Crippen LogP contribution in [0.4, 0.5) is 0 Å². The first-order valence-electron chi connectivity index (χ1n) is 8.34. The first-order valence-corrected chi connectivity index (χ1v) is 8.34. The Bertz CT molecular complexity index is 629. The first-order chi connectivity index (χ1) is 11.0. The van der Waals surface area contributed by atoms with Crippen molar-refractivity contribution in [1.82, 2.24) is 10.2 Å². The van der Waals surface area contributed by atoms with Crippen LogP contribution in [0.3, 0.4) is 0 Å². The largest absolute Gasteiger partial charge is 0.343 e. The Morgan fingerprint density at radius 3 is 2.70 bits per heavy atom. The summed E-state index contributed by atoms with van der Waals surface area (Å²) < 4.78 is 0. The van der Waals surface area contributed by atoms with Gasteiger partial charge in [-0.25, -0.2) is 0 Å². The average Bonchev–Trinajstić information content (AvgIpc) is 3.10. The van der Waals surface area contributed by atoms with Crippen molar-refractivity contribution in [2.24, 2.45) is 17.6 Å². The number of fused-ring (bicyclic) bond motifs is 1. The summed E-state index contributed by atoms with van der Waals surface area (Å²) in [7, 11) is 0. The summed E-state index contributed by atoms with van der Waals surface area (Å²) in [5, 5.41) is 2.74. The summed E-state index contributed by atoms with van der Waals surface area (Å²) in [5.41, 5.74) is 8.92. The number of carbonyl (C=O) groups excluding carboxylic acids is 2. The van der Waals surface area contributed by atoms with Crippen LogP contribution in [-0.4, -0.2) is 42.4 Å². The molecule has 0 spiro atoms. The molecule has 5 heteroatoms. The maximum absolute atomic E-state index is 12.3. The second-order valence-electron chi connectivity index (χ2n) is 6.95. The molecule has 1 aliphatic carbocycles. The fraction of sp³-hybridized carbons (Fsp3) is 0.556. The molecule has 2 aliphatic rings. The predicted octanol–water partition coefficient (Wildman–Crippen LogP) is 1.23. The van der Waals surface area contributed by atoms with E-state index in [1.54, 1.807) is 6.07 Å². The Hall–Kier alpha value is -1.88. The summed E-state index contributed by atoms with van der Waals surface area (Å²) in [5.74, 6) is 0.778. The number of carbonyl (C=O) groups is 2. The number of nitrogens with one attached hydrogen (secondary N) is 1. The van der Waals surface area contributed by atoms with E-state index in [9.17, 15) is 9.59 Å². The van der Waals surface area contributed by atoms with Gasteiger partial charge in [0.05, 0.1) is 6.54 Å². The van der Waals surface area contributed by atoms with Gasteiger partial charge < -0.3 is 16.0 Å². The number of rotatable bonds is 3. The van der Waals surface area contributed by atoms with Gasteiger partial charge in [-0.05, 0) is 61.8 Å². The van der Waals surface area contributed by atoms with E-state index in [4.69, 9.17) is 5.73 Å². The van der Waals surface area contributed by atoms with Crippen LogP contribution in [0.2, 0.25) is 0 Å². The van der Waals surface area contributed by atoms with Gasteiger partial charge in [0.25, 0.3) is 5.91 Å². The minimum absolute atomic E-state index is 0.0104. The van der Waals surface area contributed by atoms with E-state index in [-0.39, 0.29) is 24.4 Å². The SMILES string of the molecule is Cc1ccc(C(=O)NCC(=O)N2CC3CCC(N)C3C2)cc1C. The van der Waals surface area contributed by atoms with Gasteiger partial charge in [-0.2, -0.15) is 0 Å². The number of aryl methyl sites for hydroxylation is 2. The summed E-state index contributed by atoms with van der Waals surface area (Å²) in [6, 6.07) is 5.80. The van der Waals surface area contributed by atoms with Crippen molar-refractivity contribution < 1.29 is 9.59 Å². The van der Waals surface area contributed by atoms with Gasteiger partial charge in [0.15, 0.2) is 0 Å². The highest BCUT2D eigenvalue weighted by atomic mass is 16.2. The molecule has 1 saturated heterocycles. The van der Waals surface area contributed by atoms with E-state index in [2.05, 4.69) is 5.32 Å². The normalized spacial score (nSPS) is 26.2. The van der Waals surface area contributed by atoms with Crippen molar-refractivity contribution >= 4 is 11.8 Å². The summed E-state index contributed by atoms with van der Waals surface area (Å²) in [6.45, 7) is 5.57. The van der Waals surface area contributed by atoms with E-state index in [1.807, 2.05) is 30.9 Å². The lowest BCUT2D eigenvalue weighted by Crippen LogP contribution is -2.40. The van der Waals surface area contributed by atoms with Gasteiger partial charge >= 0.3 is 0 Å². The van der Waals surface area contributed by atoms with Crippen molar-refractivity contribution in [1.29, 1.82) is 0 Å². The Labute approximate surface area is 137 Å². The van der Waals surface area contributed by atoms with Gasteiger partial charge in [0.2, 0.25) is 5.91 Å². The Morgan fingerprint density at radius 2 is 2.00 bits per heavy atom. The molecule has 3 N–H and O–H groups in total. The topological polar surface area (TPSA) is 75.4 Å². The van der Waals surface area contributed by atoms with Gasteiger partial charge in [0, 0.05) is 24.7 Å². The Balaban J connectivity index is 1.53. The Kier molecular flexibility index (Phi) is 4.39. The van der Waals surface area contributed by atoms with E-state index >= 15 is 0 Å². The van der Waals surface area contributed by atoms with Crippen LogP contribution in [0.25, 0.3) is 0 Å². The highest BCUT2D eigenvalue weighted by molar-refractivity contribution is 5.96. The number of benzene rings is 1. The molecule has 3 rings (SSSR count). The molecule has 2 amide bonds. The molecule has 23 heavy (non-hydrogen) atoms. The molecule has 1 aromatic carbocycles. The van der Waals surface area contributed by atoms with Crippen LogP contribution in [0.1, 0.15) is 34.3 Å². The van der Waals surface area contributed by atoms with Crippen LogP contribution in [-0.2, 0) is 4.79 Å². The fourth-order valence-electron chi connectivity index (χ4n) is 3.76. The number of hydrogen-bond donors (Lipinski definition) is 2. The molecule has 3 atom stereocenters. The number of nitrogens with zero attached hydrogens (tertiary/aromatic N) is 1. The molecule has 1 saturated carbocycles. The molecule has 3 unspecified atom stereocenters. The highest BCUT2D eigenvalue weighted by Gasteiger charge is 2.42. The minimum Gasteiger partial charge on any atom is -0.343 e. The third-order valence-corrected chi connectivity index (χ3v) is 5.43. The second kappa shape index (κ2) is 6.32. The van der Waals surface area contributed by atoms with Crippen molar-refractivity contribution in [3.63, 3.8) is 0 Å². The lowest BCUT2D eigenvalue weighted by Gasteiger charge is -2.19. The van der Waals surface area contributed by atoms with Crippen molar-refractivity contribution in [2.45, 2.75) is 32.7 Å². The van der Waals surface area contributed by atoms with Crippen molar-refractivity contribution in [3.05, 3.63) is 34.9 Å². The minimum atomic E-state index is -0.197. The molecule has 1 heterocycles. The maximum Gasteiger partial charge on any atom is 0.251 e. The van der Waals surface area contributed by atoms with Crippen LogP contribution in [0.15, 0.2) is 18.2 Å². The molecule has 5 nitrogen and oxygen atoms in total. The highest BCUT2D eigenvalue weighted by Crippen LogP contribution is 2.36. The van der Waals surface area contributed by atoms with Crippen molar-refractivity contribution in [3.8, 4) is 0 Å². The maximum atomic E-state index is 12.3. The monoisotopic (exact) mass is 315 g/mol. The fourth-order valence-corrected chi connectivity index (χ4v) is 3.76. The van der Waals surface area contributed by atoms with Gasteiger partial charge in [-0.3, -0.25) is 9.59 Å². The summed E-state index contributed by atoms with van der Waals surface area (Å²) >= 11 is 0. The second-order valence-corrected chi connectivity index (χ2v) is 6.95. The molecule has 1 aromatic rings. The molecular weight excluding hydrogens is 290 g/mol. The van der Waals surface area contributed by atoms with Crippen LogP contribution < -0.4 is 11.1 Å². The predicted molar refractivity (Wildman–Crippen MR) is 89.0 cm³/mol. The molecule has 1 aliphatic heterocycles. The lowest BCUT2D eigenvalue weighted by atomic mass is 9.98. The molecule has 0 bridgehead atoms. The third-order valence-electron chi connectivity index (χ3n) is 5.43. The number of amides is 2. The van der Waals surface area contributed by atoms with E-state index in [0.29, 0.717) is 17.4 Å². The standard InChI is InChI=1S/C18H25N3O2/c1-11-3-4-13(7-12(11)2)18(23)20-8-17(22)21-9-14-5-6-16(19)15(14)10-21/h3-4,7,14-16H,5-6,8-10,19H2,1-2H3,(H,20,23). The van der Waals surface area contributed by atoms with Crippen LogP contribution in [0.5, 0.6) is 0 Å². The molecule has 0 aromatic heterocycles. The zero-order valence-corrected chi connectivity index (χ0v) is 13.8. The number of nitrogens with two attached hydrogens (primary N) is 1. The van der Waals surface area contributed by atoms with Crippen molar-refractivity contribution in [2.75, 3.05) is 19.6 Å². The molecule has 0 radical (unpaired) electrons. The van der Waals surface area contributed by atoms with Gasteiger partial charge in [-0.15, -0.1) is 0 Å². The number of hydrogen-bond acceptors (Lipinski definition) is 3. The molecule has 124 valence electrons. The van der Waals surface area contributed by atoms with E-state index in [1.165, 1.54) is 0 Å². The van der Waals surface area contributed by atoms with Gasteiger partial charge in [0.1, 0.15) is 0 Å². The zero-order valence-electron chi connectivity index (χ0n) is 13.8. The van der Waals surface area contributed by atoms with Gasteiger partial charge in [-0.1, -0.05) is 6.07 Å². The third kappa shape index (κ3) is 3.24. The Morgan fingerprint density at radius 1 is 1.22 bits per heavy atom. The number of likely N-dealkylation sites (tertiary alicyclic amines) is 1. The smallest absolute Gasteiger partial charge is 0.251 e. The molecule has 2 fully saturated rings. The molecular formula is C18H25N3O2. The quantitative estimate of drug-likeness (QED) is 0.881. The van der Waals surface area contributed by atoms with Crippen LogP contribution >= 0.6 is 0 Å². The summed E-state index contributed by atoms with van der Waals surface area (Å²) in [4.78, 5) is 26.3. The zero-order chi connectivity index (χ0) is 16.6. The summed E-state index contributed by atoms with van der Waals surface area (Å²) in [6.07, 6.45) is 2.19. The van der Waals surface area contributed by atoms with E-state index < -0.39 is 0 Å². The first kappa shape index (κ1) is 16.0. The lowest BCUT2D eigenvalue weighted by molar-refractivity contribution is -0.129. The van der Waals surface area contributed by atoms with Crippen LogP contribution in [0, 0.1) is 25.7 Å².